The minimum Gasteiger partial charge on any atom is -0.497 e. The van der Waals surface area contributed by atoms with Crippen LogP contribution in [0.3, 0.4) is 0 Å². The van der Waals surface area contributed by atoms with E-state index in [1.54, 1.807) is 7.11 Å². The van der Waals surface area contributed by atoms with E-state index in [9.17, 15) is 9.59 Å². The Labute approximate surface area is 155 Å². The van der Waals surface area contributed by atoms with Crippen LogP contribution >= 0.6 is 0 Å². The van der Waals surface area contributed by atoms with E-state index in [4.69, 9.17) is 4.74 Å². The monoisotopic (exact) mass is 356 g/mol. The summed E-state index contributed by atoms with van der Waals surface area (Å²) in [5.41, 5.74) is 2.51. The highest BCUT2D eigenvalue weighted by atomic mass is 16.5. The highest BCUT2D eigenvalue weighted by Crippen LogP contribution is 2.34. The molecule has 1 heterocycles. The Bertz CT molecular complexity index is 690. The zero-order valence-electron chi connectivity index (χ0n) is 15.5. The molecule has 3 aliphatic rings. The van der Waals surface area contributed by atoms with Crippen LogP contribution in [0.2, 0.25) is 0 Å². The maximum Gasteiger partial charge on any atom is 0.225 e. The van der Waals surface area contributed by atoms with Gasteiger partial charge in [0, 0.05) is 24.9 Å². The lowest BCUT2D eigenvalue weighted by Gasteiger charge is -2.33. The number of nitrogens with one attached hydrogen (secondary N) is 1. The highest BCUT2D eigenvalue weighted by molar-refractivity contribution is 5.82. The van der Waals surface area contributed by atoms with Crippen LogP contribution in [-0.4, -0.2) is 36.9 Å². The molecule has 1 aromatic carbocycles. The Morgan fingerprint density at radius 1 is 1.08 bits per heavy atom. The number of piperidine rings is 1. The van der Waals surface area contributed by atoms with Crippen LogP contribution in [0, 0.1) is 11.8 Å². The Balaban J connectivity index is 1.35. The normalized spacial score (nSPS) is 23.3. The van der Waals surface area contributed by atoms with E-state index in [-0.39, 0.29) is 23.8 Å². The summed E-state index contributed by atoms with van der Waals surface area (Å²) >= 11 is 0. The quantitative estimate of drug-likeness (QED) is 0.902. The lowest BCUT2D eigenvalue weighted by atomic mass is 9.86. The van der Waals surface area contributed by atoms with Gasteiger partial charge in [0.1, 0.15) is 5.75 Å². The van der Waals surface area contributed by atoms with Gasteiger partial charge in [-0.15, -0.1) is 0 Å². The molecule has 4 rings (SSSR count). The first-order valence-electron chi connectivity index (χ1n) is 9.91. The van der Waals surface area contributed by atoms with Crippen LogP contribution < -0.4 is 10.1 Å². The first kappa shape index (κ1) is 17.4. The molecule has 0 aromatic heterocycles. The first-order valence-corrected chi connectivity index (χ1v) is 9.91. The predicted octanol–water partition coefficient (Wildman–Crippen LogP) is 2.84. The van der Waals surface area contributed by atoms with Crippen molar-refractivity contribution in [2.45, 2.75) is 51.0 Å². The average molecular weight is 356 g/mol. The second-order valence-electron chi connectivity index (χ2n) is 7.89. The van der Waals surface area contributed by atoms with Crippen molar-refractivity contribution in [3.05, 3.63) is 29.3 Å². The summed E-state index contributed by atoms with van der Waals surface area (Å²) in [7, 11) is 1.68. The lowest BCUT2D eigenvalue weighted by molar-refractivity contribution is -0.136. The molecule has 0 radical (unpaired) electrons. The molecule has 5 nitrogen and oxygen atoms in total. The van der Waals surface area contributed by atoms with Crippen molar-refractivity contribution < 1.29 is 14.3 Å². The van der Waals surface area contributed by atoms with Gasteiger partial charge >= 0.3 is 0 Å². The summed E-state index contributed by atoms with van der Waals surface area (Å²) in [5, 5.41) is 3.28. The van der Waals surface area contributed by atoms with Crippen LogP contribution in [0.5, 0.6) is 5.75 Å². The molecule has 5 heteroatoms. The Kier molecular flexibility index (Phi) is 4.88. The number of carbonyl (C=O) groups is 2. The van der Waals surface area contributed by atoms with Crippen LogP contribution in [-0.2, 0) is 16.0 Å². The van der Waals surface area contributed by atoms with Gasteiger partial charge in [0.05, 0.1) is 13.2 Å². The molecule has 1 saturated heterocycles. The molecule has 140 valence electrons. The van der Waals surface area contributed by atoms with Crippen LogP contribution in [0.4, 0.5) is 0 Å². The summed E-state index contributed by atoms with van der Waals surface area (Å²) in [6, 6.07) is 6.26. The fourth-order valence-electron chi connectivity index (χ4n) is 4.31. The topological polar surface area (TPSA) is 58.6 Å². The molecule has 0 spiro atoms. The molecular formula is C21H28N2O3. The number of nitrogens with zero attached hydrogens (tertiary/aromatic N) is 1. The largest absolute Gasteiger partial charge is 0.497 e. The number of ether oxygens (including phenoxy) is 1. The number of methoxy groups -OCH3 is 1. The molecule has 1 aromatic rings. The van der Waals surface area contributed by atoms with Crippen molar-refractivity contribution in [1.82, 2.24) is 10.2 Å². The SMILES string of the molecule is COc1ccc2c(c1)CCC[C@H]2NC(=O)C1CCN(C(=O)C2CC2)CC1. The van der Waals surface area contributed by atoms with Gasteiger partial charge < -0.3 is 15.0 Å². The third-order valence-corrected chi connectivity index (χ3v) is 6.08. The van der Waals surface area contributed by atoms with E-state index >= 15 is 0 Å². The fourth-order valence-corrected chi connectivity index (χ4v) is 4.31. The van der Waals surface area contributed by atoms with Gasteiger partial charge in [-0.05, 0) is 68.2 Å². The molecule has 2 fully saturated rings. The first-order chi connectivity index (χ1) is 12.7. The zero-order chi connectivity index (χ0) is 18.1. The molecule has 1 atom stereocenters. The van der Waals surface area contributed by atoms with Crippen LogP contribution in [0.15, 0.2) is 18.2 Å². The summed E-state index contributed by atoms with van der Waals surface area (Å²) < 4.78 is 5.32. The second kappa shape index (κ2) is 7.29. The van der Waals surface area contributed by atoms with Crippen molar-refractivity contribution in [2.24, 2.45) is 11.8 Å². The maximum atomic E-state index is 12.8. The maximum absolute atomic E-state index is 12.8. The number of amides is 2. The average Bonchev–Trinajstić information content (AvgIpc) is 3.52. The number of rotatable bonds is 4. The van der Waals surface area contributed by atoms with Gasteiger partial charge in [0.25, 0.3) is 0 Å². The number of hydrogen-bond acceptors (Lipinski definition) is 3. The number of fused-ring (bicyclic) bond motifs is 1. The summed E-state index contributed by atoms with van der Waals surface area (Å²) in [5.74, 6) is 1.64. The summed E-state index contributed by atoms with van der Waals surface area (Å²) in [6.07, 6.45) is 6.78. The molecule has 0 bridgehead atoms. The summed E-state index contributed by atoms with van der Waals surface area (Å²) in [6.45, 7) is 1.46. The molecule has 26 heavy (non-hydrogen) atoms. The number of hydrogen-bond donors (Lipinski definition) is 1. The minimum absolute atomic E-state index is 0.0295. The molecule has 1 saturated carbocycles. The van der Waals surface area contributed by atoms with Gasteiger partial charge in [-0.25, -0.2) is 0 Å². The van der Waals surface area contributed by atoms with Gasteiger partial charge in [-0.2, -0.15) is 0 Å². The van der Waals surface area contributed by atoms with Gasteiger partial charge in [0.15, 0.2) is 0 Å². The molecule has 0 unspecified atom stereocenters. The zero-order valence-corrected chi connectivity index (χ0v) is 15.5. The van der Waals surface area contributed by atoms with Gasteiger partial charge in [0.2, 0.25) is 11.8 Å². The van der Waals surface area contributed by atoms with E-state index < -0.39 is 0 Å². The number of aryl methyl sites for hydroxylation is 1. The highest BCUT2D eigenvalue weighted by Gasteiger charge is 2.36. The van der Waals surface area contributed by atoms with Crippen LogP contribution in [0.1, 0.15) is 55.7 Å². The smallest absolute Gasteiger partial charge is 0.225 e. The predicted molar refractivity (Wildman–Crippen MR) is 98.8 cm³/mol. The second-order valence-corrected chi connectivity index (χ2v) is 7.89. The van der Waals surface area contributed by atoms with E-state index in [1.807, 2.05) is 11.0 Å². The van der Waals surface area contributed by atoms with Crippen molar-refractivity contribution in [3.8, 4) is 5.75 Å². The number of likely N-dealkylation sites (tertiary alicyclic amines) is 1. The van der Waals surface area contributed by atoms with E-state index in [2.05, 4.69) is 17.4 Å². The van der Waals surface area contributed by atoms with E-state index in [1.165, 1.54) is 11.1 Å². The summed E-state index contributed by atoms with van der Waals surface area (Å²) in [4.78, 5) is 26.9. The Hall–Kier alpha value is -2.04. The van der Waals surface area contributed by atoms with Crippen molar-refractivity contribution in [3.63, 3.8) is 0 Å². The van der Waals surface area contributed by atoms with Crippen molar-refractivity contribution in [1.29, 1.82) is 0 Å². The molecular weight excluding hydrogens is 328 g/mol. The fraction of sp³-hybridized carbons (Fsp3) is 0.619. The molecule has 2 aliphatic carbocycles. The molecule has 1 aliphatic heterocycles. The standard InChI is InChI=1S/C21H28N2O3/c1-26-17-7-8-18-16(13-17)3-2-4-19(18)22-20(24)14-9-11-23(12-10-14)21(25)15-5-6-15/h7-8,13-15,19H,2-6,9-12H2,1H3,(H,22,24)/t19-/m1/s1. The molecule has 1 N–H and O–H groups in total. The number of carbonyl (C=O) groups excluding carboxylic acids is 2. The Morgan fingerprint density at radius 2 is 1.85 bits per heavy atom. The number of benzene rings is 1. The minimum atomic E-state index is 0.0295. The lowest BCUT2D eigenvalue weighted by Crippen LogP contribution is -2.44. The van der Waals surface area contributed by atoms with Crippen molar-refractivity contribution in [2.75, 3.05) is 20.2 Å². The van der Waals surface area contributed by atoms with E-state index in [0.717, 1.165) is 63.8 Å². The van der Waals surface area contributed by atoms with E-state index in [0.29, 0.717) is 5.91 Å². The Morgan fingerprint density at radius 3 is 2.54 bits per heavy atom. The van der Waals surface area contributed by atoms with Crippen LogP contribution in [0.25, 0.3) is 0 Å². The van der Waals surface area contributed by atoms with Crippen molar-refractivity contribution >= 4 is 11.8 Å². The third kappa shape index (κ3) is 3.57. The van der Waals surface area contributed by atoms with Gasteiger partial charge in [-0.3, -0.25) is 9.59 Å². The third-order valence-electron chi connectivity index (χ3n) is 6.08. The van der Waals surface area contributed by atoms with Gasteiger partial charge in [-0.1, -0.05) is 6.07 Å². The molecule has 2 amide bonds.